The molecule has 21 heavy (non-hydrogen) atoms. The first-order valence-electron chi connectivity index (χ1n) is 9.20. The van der Waals surface area contributed by atoms with Crippen LogP contribution in [0.5, 0.6) is 0 Å². The van der Waals surface area contributed by atoms with E-state index in [4.69, 9.17) is 0 Å². The summed E-state index contributed by atoms with van der Waals surface area (Å²) in [4.78, 5) is 2.90. The van der Waals surface area contributed by atoms with Crippen LogP contribution in [0.1, 0.15) is 71.1 Å². The minimum absolute atomic E-state index is 0.671. The lowest BCUT2D eigenvalue weighted by molar-refractivity contribution is -0.0212. The SMILES string of the molecule is C[C@H]1C[C@@H]2C[C@H](C1)C[C@@H](N1[C@@H]3CCC[C@H]1C/C(=N/O)C3)C2. The first kappa shape index (κ1) is 14.0. The van der Waals surface area contributed by atoms with Gasteiger partial charge in [0.05, 0.1) is 5.71 Å². The van der Waals surface area contributed by atoms with E-state index in [0.717, 1.165) is 42.3 Å². The molecule has 118 valence electrons. The van der Waals surface area contributed by atoms with E-state index in [9.17, 15) is 5.21 Å². The maximum absolute atomic E-state index is 9.17. The predicted octanol–water partition coefficient (Wildman–Crippen LogP) is 4.05. The largest absolute Gasteiger partial charge is 0.411 e. The highest BCUT2D eigenvalue weighted by Gasteiger charge is 2.44. The van der Waals surface area contributed by atoms with Gasteiger partial charge in [-0.05, 0) is 62.7 Å². The molecule has 0 amide bonds. The van der Waals surface area contributed by atoms with Crippen molar-refractivity contribution in [1.82, 2.24) is 4.90 Å². The average molecular weight is 290 g/mol. The van der Waals surface area contributed by atoms with E-state index in [-0.39, 0.29) is 0 Å². The molecule has 6 atom stereocenters. The Kier molecular flexibility index (Phi) is 3.72. The van der Waals surface area contributed by atoms with Gasteiger partial charge in [-0.15, -0.1) is 0 Å². The number of nitrogens with zero attached hydrogens (tertiary/aromatic N) is 2. The molecule has 2 saturated carbocycles. The maximum atomic E-state index is 9.17. The Hall–Kier alpha value is -0.570. The molecule has 0 radical (unpaired) electrons. The summed E-state index contributed by atoms with van der Waals surface area (Å²) in [5.74, 6) is 2.95. The number of hydrogen-bond donors (Lipinski definition) is 1. The highest BCUT2D eigenvalue weighted by atomic mass is 16.4. The smallest absolute Gasteiger partial charge is 0.0601 e. The van der Waals surface area contributed by atoms with Crippen molar-refractivity contribution in [3.05, 3.63) is 0 Å². The molecule has 4 aliphatic rings. The molecule has 4 bridgehead atoms. The number of piperidine rings is 2. The van der Waals surface area contributed by atoms with Gasteiger partial charge in [0, 0.05) is 31.0 Å². The standard InChI is InChI=1S/C18H30N2O/c1-12-5-13-7-14(6-12)9-18(8-13)20-16-3-2-4-17(20)11-15(10-16)19-21/h12-14,16-18,21H,2-11H2,1H3/b19-15-/t12-,13+,14-,16-,17+,18-/m0/s1. The zero-order valence-electron chi connectivity index (χ0n) is 13.4. The highest BCUT2D eigenvalue weighted by Crippen LogP contribution is 2.46. The molecule has 1 N–H and O–H groups in total. The predicted molar refractivity (Wildman–Crippen MR) is 84.7 cm³/mol. The Bertz CT molecular complexity index is 387. The lowest BCUT2D eigenvalue weighted by Gasteiger charge is -2.54. The molecule has 4 rings (SSSR count). The van der Waals surface area contributed by atoms with Gasteiger partial charge in [0.2, 0.25) is 0 Å². The third kappa shape index (κ3) is 2.62. The Morgan fingerprint density at radius 3 is 2.10 bits per heavy atom. The molecule has 4 fully saturated rings. The van der Waals surface area contributed by atoms with Crippen molar-refractivity contribution in [1.29, 1.82) is 0 Å². The Balaban J connectivity index is 1.51. The summed E-state index contributed by atoms with van der Waals surface area (Å²) in [6.07, 6.45) is 13.4. The number of fused-ring (bicyclic) bond motifs is 4. The molecule has 0 unspecified atom stereocenters. The van der Waals surface area contributed by atoms with Crippen molar-refractivity contribution in [2.75, 3.05) is 0 Å². The van der Waals surface area contributed by atoms with Gasteiger partial charge in [0.15, 0.2) is 0 Å². The van der Waals surface area contributed by atoms with Crippen LogP contribution in [0.2, 0.25) is 0 Å². The normalized spacial score (nSPS) is 49.3. The molecule has 3 heteroatoms. The molecule has 0 aromatic heterocycles. The molecule has 0 aromatic rings. The van der Waals surface area contributed by atoms with Crippen LogP contribution in [0.25, 0.3) is 0 Å². The summed E-state index contributed by atoms with van der Waals surface area (Å²) in [6.45, 7) is 2.46. The van der Waals surface area contributed by atoms with Crippen molar-refractivity contribution < 1.29 is 5.21 Å². The van der Waals surface area contributed by atoms with Gasteiger partial charge in [0.25, 0.3) is 0 Å². The maximum Gasteiger partial charge on any atom is 0.0601 e. The van der Waals surface area contributed by atoms with Gasteiger partial charge >= 0.3 is 0 Å². The van der Waals surface area contributed by atoms with Gasteiger partial charge in [-0.3, -0.25) is 4.90 Å². The van der Waals surface area contributed by atoms with Gasteiger partial charge in [0.1, 0.15) is 0 Å². The van der Waals surface area contributed by atoms with Gasteiger partial charge in [-0.2, -0.15) is 0 Å². The number of oxime groups is 1. The lowest BCUT2D eigenvalue weighted by Crippen LogP contribution is -2.58. The Labute approximate surface area is 128 Å². The van der Waals surface area contributed by atoms with Crippen LogP contribution in [0.3, 0.4) is 0 Å². The minimum atomic E-state index is 0.671. The second-order valence-corrected chi connectivity index (χ2v) is 8.43. The van der Waals surface area contributed by atoms with E-state index < -0.39 is 0 Å². The summed E-state index contributed by atoms with van der Waals surface area (Å²) in [5.41, 5.74) is 1.06. The van der Waals surface area contributed by atoms with Crippen molar-refractivity contribution in [3.8, 4) is 0 Å². The minimum Gasteiger partial charge on any atom is -0.411 e. The second-order valence-electron chi connectivity index (χ2n) is 8.43. The van der Waals surface area contributed by atoms with Crippen molar-refractivity contribution in [3.63, 3.8) is 0 Å². The molecule has 2 aliphatic carbocycles. The van der Waals surface area contributed by atoms with Crippen LogP contribution in [0.4, 0.5) is 0 Å². The molecule has 2 heterocycles. The van der Waals surface area contributed by atoms with Crippen LogP contribution in [0.15, 0.2) is 5.16 Å². The zero-order valence-corrected chi connectivity index (χ0v) is 13.4. The molecular formula is C18H30N2O. The van der Waals surface area contributed by atoms with E-state index in [1.165, 1.54) is 51.4 Å². The van der Waals surface area contributed by atoms with Gasteiger partial charge in [-0.1, -0.05) is 18.5 Å². The van der Waals surface area contributed by atoms with Gasteiger partial charge < -0.3 is 5.21 Å². The van der Waals surface area contributed by atoms with E-state index >= 15 is 0 Å². The lowest BCUT2D eigenvalue weighted by atomic mass is 9.65. The van der Waals surface area contributed by atoms with E-state index in [2.05, 4.69) is 17.0 Å². The fourth-order valence-corrected chi connectivity index (χ4v) is 6.30. The van der Waals surface area contributed by atoms with E-state index in [1.54, 1.807) is 0 Å². The Morgan fingerprint density at radius 1 is 0.905 bits per heavy atom. The fraction of sp³-hybridized carbons (Fsp3) is 0.944. The summed E-state index contributed by atoms with van der Waals surface area (Å²) < 4.78 is 0. The van der Waals surface area contributed by atoms with Crippen molar-refractivity contribution in [2.45, 2.75) is 89.3 Å². The fourth-order valence-electron chi connectivity index (χ4n) is 6.30. The van der Waals surface area contributed by atoms with E-state index in [0.29, 0.717) is 12.1 Å². The second kappa shape index (κ2) is 5.57. The molecule has 2 aliphatic heterocycles. The summed E-state index contributed by atoms with van der Waals surface area (Å²) in [5, 5.41) is 12.7. The third-order valence-electron chi connectivity index (χ3n) is 6.77. The average Bonchev–Trinajstić information content (AvgIpc) is 2.44. The first-order chi connectivity index (χ1) is 10.2. The van der Waals surface area contributed by atoms with Crippen LogP contribution in [0, 0.1) is 17.8 Å². The van der Waals surface area contributed by atoms with Crippen LogP contribution < -0.4 is 0 Å². The molecular weight excluding hydrogens is 260 g/mol. The summed E-state index contributed by atoms with van der Waals surface area (Å²) >= 11 is 0. The van der Waals surface area contributed by atoms with Crippen LogP contribution in [-0.2, 0) is 0 Å². The summed E-state index contributed by atoms with van der Waals surface area (Å²) in [7, 11) is 0. The van der Waals surface area contributed by atoms with E-state index in [1.807, 2.05) is 0 Å². The number of rotatable bonds is 1. The molecule has 0 aromatic carbocycles. The molecule has 3 nitrogen and oxygen atoms in total. The Morgan fingerprint density at radius 2 is 1.52 bits per heavy atom. The first-order valence-corrected chi connectivity index (χ1v) is 9.20. The zero-order chi connectivity index (χ0) is 14.4. The summed E-state index contributed by atoms with van der Waals surface area (Å²) in [6, 6.07) is 2.17. The third-order valence-corrected chi connectivity index (χ3v) is 6.77. The van der Waals surface area contributed by atoms with Crippen molar-refractivity contribution >= 4 is 5.71 Å². The van der Waals surface area contributed by atoms with Crippen LogP contribution in [-0.4, -0.2) is 33.9 Å². The van der Waals surface area contributed by atoms with Gasteiger partial charge in [-0.25, -0.2) is 0 Å². The molecule has 2 saturated heterocycles. The highest BCUT2D eigenvalue weighted by molar-refractivity contribution is 5.86. The number of hydrogen-bond acceptors (Lipinski definition) is 3. The van der Waals surface area contributed by atoms with Crippen molar-refractivity contribution in [2.24, 2.45) is 22.9 Å². The monoisotopic (exact) mass is 290 g/mol. The molecule has 0 spiro atoms. The topological polar surface area (TPSA) is 35.8 Å². The van der Waals surface area contributed by atoms with Crippen LogP contribution >= 0.6 is 0 Å². The quantitative estimate of drug-likeness (QED) is 0.584.